The highest BCUT2D eigenvalue weighted by Gasteiger charge is 2.43. The standard InChI is InChI=1S/C16H32BN/c1-7-13(2)10-15(4)12-18(6)9-8-14(3)11-16(15,5)17/h13-14H,7-12H2,1-6H3. The van der Waals surface area contributed by atoms with Crippen LogP contribution in [0.5, 0.6) is 0 Å². The molecule has 0 aromatic rings. The molecule has 1 rings (SSSR count). The Labute approximate surface area is 116 Å². The van der Waals surface area contributed by atoms with E-state index in [2.05, 4.69) is 46.6 Å². The molecule has 0 amide bonds. The van der Waals surface area contributed by atoms with Crippen molar-refractivity contribution >= 4 is 7.85 Å². The molecule has 1 aliphatic rings. The van der Waals surface area contributed by atoms with Gasteiger partial charge in [0.05, 0.1) is 7.85 Å². The quantitative estimate of drug-likeness (QED) is 0.679. The zero-order chi connectivity index (χ0) is 14.0. The van der Waals surface area contributed by atoms with Gasteiger partial charge < -0.3 is 4.90 Å². The van der Waals surface area contributed by atoms with Crippen molar-refractivity contribution in [2.45, 2.75) is 65.6 Å². The third-order valence-electron chi connectivity index (χ3n) is 5.27. The van der Waals surface area contributed by atoms with Crippen molar-refractivity contribution in [1.82, 2.24) is 4.90 Å². The summed E-state index contributed by atoms with van der Waals surface area (Å²) < 4.78 is 0. The summed E-state index contributed by atoms with van der Waals surface area (Å²) in [7, 11) is 9.01. The molecule has 0 spiro atoms. The molecule has 2 heteroatoms. The number of hydrogen-bond acceptors (Lipinski definition) is 1. The Balaban J connectivity index is 2.92. The normalized spacial score (nSPS) is 41.1. The van der Waals surface area contributed by atoms with Crippen LogP contribution in [-0.4, -0.2) is 32.9 Å². The van der Waals surface area contributed by atoms with E-state index in [4.69, 9.17) is 7.85 Å². The van der Waals surface area contributed by atoms with E-state index in [1.165, 1.54) is 25.8 Å². The Hall–Kier alpha value is 0.0249. The molecule has 4 unspecified atom stereocenters. The maximum absolute atomic E-state index is 6.75. The van der Waals surface area contributed by atoms with Crippen molar-refractivity contribution in [3.05, 3.63) is 0 Å². The Morgan fingerprint density at radius 2 is 2.00 bits per heavy atom. The van der Waals surface area contributed by atoms with Crippen LogP contribution in [0.3, 0.4) is 0 Å². The molecule has 1 fully saturated rings. The average molecular weight is 249 g/mol. The molecule has 0 N–H and O–H groups in total. The van der Waals surface area contributed by atoms with Crippen LogP contribution in [0, 0.1) is 17.3 Å². The highest BCUT2D eigenvalue weighted by Crippen LogP contribution is 2.53. The third kappa shape index (κ3) is 3.76. The lowest BCUT2D eigenvalue weighted by Gasteiger charge is -2.51. The van der Waals surface area contributed by atoms with Crippen molar-refractivity contribution in [2.24, 2.45) is 17.3 Å². The van der Waals surface area contributed by atoms with Gasteiger partial charge in [0.2, 0.25) is 0 Å². The Kier molecular flexibility index (Phi) is 5.35. The maximum atomic E-state index is 6.75. The number of likely N-dealkylation sites (tertiary alicyclic amines) is 1. The van der Waals surface area contributed by atoms with Crippen molar-refractivity contribution in [1.29, 1.82) is 0 Å². The van der Waals surface area contributed by atoms with Crippen LogP contribution < -0.4 is 0 Å². The highest BCUT2D eigenvalue weighted by molar-refractivity contribution is 6.15. The Bertz CT molecular complexity index is 260. The van der Waals surface area contributed by atoms with Gasteiger partial charge in [-0.3, -0.25) is 0 Å². The van der Waals surface area contributed by atoms with Crippen LogP contribution >= 0.6 is 0 Å². The SMILES string of the molecule is [B]C1(C)CC(C)CCN(C)CC1(C)CC(C)CC. The maximum Gasteiger partial charge on any atom is 0.0750 e. The third-order valence-corrected chi connectivity index (χ3v) is 5.27. The lowest BCUT2D eigenvalue weighted by Crippen LogP contribution is -2.46. The molecular weight excluding hydrogens is 217 g/mol. The van der Waals surface area contributed by atoms with Crippen LogP contribution in [0.15, 0.2) is 0 Å². The molecule has 104 valence electrons. The molecule has 18 heavy (non-hydrogen) atoms. The largest absolute Gasteiger partial charge is 0.306 e. The fourth-order valence-electron chi connectivity index (χ4n) is 3.58. The number of rotatable bonds is 3. The van der Waals surface area contributed by atoms with Gasteiger partial charge in [-0.15, -0.1) is 0 Å². The molecule has 1 nitrogen and oxygen atoms in total. The first-order valence-electron chi connectivity index (χ1n) is 7.67. The molecule has 4 atom stereocenters. The summed E-state index contributed by atoms with van der Waals surface area (Å²) in [6.07, 6.45) is 4.94. The van der Waals surface area contributed by atoms with E-state index >= 15 is 0 Å². The first-order valence-corrected chi connectivity index (χ1v) is 7.67. The molecule has 0 bridgehead atoms. The molecule has 1 heterocycles. The summed E-state index contributed by atoms with van der Waals surface area (Å²) in [5.41, 5.74) is 0.228. The fraction of sp³-hybridized carbons (Fsp3) is 1.00. The van der Waals surface area contributed by atoms with E-state index in [0.717, 1.165) is 24.8 Å². The minimum absolute atomic E-state index is 0.0511. The van der Waals surface area contributed by atoms with Gasteiger partial charge in [0.15, 0.2) is 0 Å². The van der Waals surface area contributed by atoms with Crippen molar-refractivity contribution in [3.63, 3.8) is 0 Å². The van der Waals surface area contributed by atoms with Gasteiger partial charge in [0.1, 0.15) is 0 Å². The van der Waals surface area contributed by atoms with Crippen LogP contribution in [0.2, 0.25) is 5.31 Å². The topological polar surface area (TPSA) is 3.24 Å². The lowest BCUT2D eigenvalue weighted by atomic mass is 9.48. The van der Waals surface area contributed by atoms with Gasteiger partial charge >= 0.3 is 0 Å². The van der Waals surface area contributed by atoms with Gasteiger partial charge in [-0.05, 0) is 43.7 Å². The van der Waals surface area contributed by atoms with Gasteiger partial charge in [-0.1, -0.05) is 52.8 Å². The summed E-state index contributed by atoms with van der Waals surface area (Å²) in [4.78, 5) is 2.49. The molecule has 0 aromatic carbocycles. The monoisotopic (exact) mass is 249 g/mol. The van der Waals surface area contributed by atoms with E-state index in [0.29, 0.717) is 0 Å². The van der Waals surface area contributed by atoms with Crippen LogP contribution in [-0.2, 0) is 0 Å². The lowest BCUT2D eigenvalue weighted by molar-refractivity contribution is 0.0718. The predicted molar refractivity (Wildman–Crippen MR) is 82.2 cm³/mol. The van der Waals surface area contributed by atoms with Crippen molar-refractivity contribution in [2.75, 3.05) is 20.1 Å². The second kappa shape index (κ2) is 5.99. The summed E-state index contributed by atoms with van der Waals surface area (Å²) >= 11 is 0. The second-order valence-electron chi connectivity index (χ2n) is 7.53. The molecular formula is C16H32BN. The van der Waals surface area contributed by atoms with Crippen molar-refractivity contribution < 1.29 is 0 Å². The molecule has 0 aromatic heterocycles. The Morgan fingerprint density at radius 3 is 2.56 bits per heavy atom. The summed E-state index contributed by atoms with van der Waals surface area (Å²) in [6, 6.07) is 0. The molecule has 1 saturated heterocycles. The van der Waals surface area contributed by atoms with Crippen LogP contribution in [0.4, 0.5) is 0 Å². The minimum Gasteiger partial charge on any atom is -0.306 e. The van der Waals surface area contributed by atoms with E-state index in [-0.39, 0.29) is 10.7 Å². The first-order chi connectivity index (χ1) is 8.20. The first kappa shape index (κ1) is 16.1. The highest BCUT2D eigenvalue weighted by atomic mass is 15.1. The minimum atomic E-state index is -0.0511. The average Bonchev–Trinajstić information content (AvgIpc) is 2.24. The molecule has 0 aliphatic carbocycles. The zero-order valence-corrected chi connectivity index (χ0v) is 13.4. The fourth-order valence-corrected chi connectivity index (χ4v) is 3.58. The number of hydrogen-bond donors (Lipinski definition) is 0. The van der Waals surface area contributed by atoms with E-state index in [1.54, 1.807) is 0 Å². The molecule has 0 saturated carbocycles. The second-order valence-corrected chi connectivity index (χ2v) is 7.53. The van der Waals surface area contributed by atoms with E-state index in [1.807, 2.05) is 0 Å². The van der Waals surface area contributed by atoms with E-state index < -0.39 is 0 Å². The Morgan fingerprint density at radius 1 is 1.39 bits per heavy atom. The zero-order valence-electron chi connectivity index (χ0n) is 13.4. The van der Waals surface area contributed by atoms with Crippen LogP contribution in [0.25, 0.3) is 0 Å². The van der Waals surface area contributed by atoms with Gasteiger partial charge in [-0.25, -0.2) is 0 Å². The summed E-state index contributed by atoms with van der Waals surface area (Å²) in [6.45, 7) is 14.1. The van der Waals surface area contributed by atoms with Gasteiger partial charge in [0.25, 0.3) is 0 Å². The smallest absolute Gasteiger partial charge is 0.0750 e. The van der Waals surface area contributed by atoms with E-state index in [9.17, 15) is 0 Å². The predicted octanol–water partition coefficient (Wildman–Crippen LogP) is 4.14. The van der Waals surface area contributed by atoms with Crippen LogP contribution in [0.1, 0.15) is 60.3 Å². The molecule has 1 aliphatic heterocycles. The summed E-state index contributed by atoms with van der Waals surface area (Å²) in [5.74, 6) is 1.50. The molecule has 2 radical (unpaired) electrons. The van der Waals surface area contributed by atoms with Gasteiger partial charge in [0, 0.05) is 6.54 Å². The van der Waals surface area contributed by atoms with Crippen molar-refractivity contribution in [3.8, 4) is 0 Å². The summed E-state index contributed by atoms with van der Waals surface area (Å²) in [5, 5.41) is -0.0511. The number of nitrogens with zero attached hydrogens (tertiary/aromatic N) is 1. The van der Waals surface area contributed by atoms with Gasteiger partial charge in [-0.2, -0.15) is 0 Å².